The Morgan fingerprint density at radius 1 is 1.37 bits per heavy atom. The molecule has 0 aromatic heterocycles. The Labute approximate surface area is 114 Å². The van der Waals surface area contributed by atoms with Gasteiger partial charge >= 0.3 is 5.97 Å². The predicted octanol–water partition coefficient (Wildman–Crippen LogP) is 3.45. The molecule has 0 amide bonds. The Morgan fingerprint density at radius 2 is 2.05 bits per heavy atom. The molecule has 0 saturated heterocycles. The number of benzene rings is 1. The van der Waals surface area contributed by atoms with E-state index in [1.165, 1.54) is 5.56 Å². The summed E-state index contributed by atoms with van der Waals surface area (Å²) in [6.07, 6.45) is 5.13. The van der Waals surface area contributed by atoms with Crippen molar-refractivity contribution in [2.24, 2.45) is 5.41 Å². The fourth-order valence-corrected chi connectivity index (χ4v) is 3.07. The quantitative estimate of drug-likeness (QED) is 0.884. The van der Waals surface area contributed by atoms with Crippen molar-refractivity contribution in [2.75, 3.05) is 7.11 Å². The van der Waals surface area contributed by atoms with Gasteiger partial charge in [-0.1, -0.05) is 31.9 Å². The highest BCUT2D eigenvalue weighted by Crippen LogP contribution is 2.42. The third-order valence-electron chi connectivity index (χ3n) is 4.30. The van der Waals surface area contributed by atoms with Gasteiger partial charge in [-0.3, -0.25) is 4.79 Å². The average Bonchev–Trinajstić information content (AvgIpc) is 2.88. The molecule has 2 rings (SSSR count). The molecule has 1 N–H and O–H groups in total. The van der Waals surface area contributed by atoms with E-state index in [0.29, 0.717) is 6.42 Å². The number of hydrogen-bond donors (Lipinski definition) is 1. The van der Waals surface area contributed by atoms with Gasteiger partial charge in [0.25, 0.3) is 0 Å². The third-order valence-corrected chi connectivity index (χ3v) is 4.30. The van der Waals surface area contributed by atoms with Crippen molar-refractivity contribution in [2.45, 2.75) is 45.4 Å². The van der Waals surface area contributed by atoms with Crippen molar-refractivity contribution in [1.29, 1.82) is 0 Å². The Morgan fingerprint density at radius 3 is 2.58 bits per heavy atom. The molecule has 19 heavy (non-hydrogen) atoms. The zero-order valence-corrected chi connectivity index (χ0v) is 11.7. The Kier molecular flexibility index (Phi) is 4.13. The summed E-state index contributed by atoms with van der Waals surface area (Å²) in [6.45, 7) is 2.11. The standard InChI is InChI=1S/C16H22O3/c1-3-12-6-7-14(19-2)13(10-12)11-16(15(17)18)8-4-5-9-16/h6-7,10H,3-5,8-9,11H2,1-2H3,(H,17,18). The minimum atomic E-state index is -0.658. The van der Waals surface area contributed by atoms with Gasteiger partial charge in [0.05, 0.1) is 12.5 Å². The summed E-state index contributed by atoms with van der Waals surface area (Å²) >= 11 is 0. The number of aryl methyl sites for hydroxylation is 1. The zero-order chi connectivity index (χ0) is 13.9. The van der Waals surface area contributed by atoms with Gasteiger partial charge in [0.1, 0.15) is 5.75 Å². The predicted molar refractivity (Wildman–Crippen MR) is 74.6 cm³/mol. The molecule has 0 spiro atoms. The second-order valence-electron chi connectivity index (χ2n) is 5.47. The molecule has 0 unspecified atom stereocenters. The first-order valence-electron chi connectivity index (χ1n) is 7.00. The maximum Gasteiger partial charge on any atom is 0.309 e. The molecule has 1 fully saturated rings. The van der Waals surface area contributed by atoms with Crippen LogP contribution in [0, 0.1) is 5.41 Å². The summed E-state index contributed by atoms with van der Waals surface area (Å²) in [6, 6.07) is 6.10. The average molecular weight is 262 g/mol. The van der Waals surface area contributed by atoms with Crippen LogP contribution in [0.4, 0.5) is 0 Å². The van der Waals surface area contributed by atoms with E-state index in [1.807, 2.05) is 12.1 Å². The van der Waals surface area contributed by atoms with Gasteiger partial charge < -0.3 is 9.84 Å². The van der Waals surface area contributed by atoms with Crippen molar-refractivity contribution in [1.82, 2.24) is 0 Å². The number of carbonyl (C=O) groups is 1. The number of carboxylic acids is 1. The lowest BCUT2D eigenvalue weighted by atomic mass is 9.79. The van der Waals surface area contributed by atoms with Crippen molar-refractivity contribution in [3.63, 3.8) is 0 Å². The third kappa shape index (κ3) is 2.75. The van der Waals surface area contributed by atoms with Gasteiger partial charge in [-0.15, -0.1) is 0 Å². The summed E-state index contributed by atoms with van der Waals surface area (Å²) in [5, 5.41) is 9.57. The molecule has 1 aliphatic carbocycles. The summed E-state index contributed by atoms with van der Waals surface area (Å²) in [7, 11) is 1.65. The SMILES string of the molecule is CCc1ccc(OC)c(CC2(C(=O)O)CCCC2)c1. The molecule has 104 valence electrons. The van der Waals surface area contributed by atoms with E-state index in [1.54, 1.807) is 7.11 Å². The van der Waals surface area contributed by atoms with Gasteiger partial charge in [-0.2, -0.15) is 0 Å². The Balaban J connectivity index is 2.32. The maximum absolute atomic E-state index is 11.6. The van der Waals surface area contributed by atoms with Gasteiger partial charge in [0.2, 0.25) is 0 Å². The van der Waals surface area contributed by atoms with Crippen molar-refractivity contribution >= 4 is 5.97 Å². The van der Waals surface area contributed by atoms with Crippen LogP contribution >= 0.6 is 0 Å². The Bertz CT molecular complexity index is 459. The van der Waals surface area contributed by atoms with Crippen molar-refractivity contribution in [3.05, 3.63) is 29.3 Å². The molecular formula is C16H22O3. The highest BCUT2D eigenvalue weighted by atomic mass is 16.5. The molecule has 1 saturated carbocycles. The van der Waals surface area contributed by atoms with Crippen LogP contribution < -0.4 is 4.74 Å². The summed E-state index contributed by atoms with van der Waals surface area (Å²) in [5.41, 5.74) is 1.68. The van der Waals surface area contributed by atoms with Gasteiger partial charge in [0, 0.05) is 0 Å². The van der Waals surface area contributed by atoms with E-state index >= 15 is 0 Å². The van der Waals surface area contributed by atoms with E-state index in [2.05, 4.69) is 13.0 Å². The van der Waals surface area contributed by atoms with E-state index < -0.39 is 11.4 Å². The zero-order valence-electron chi connectivity index (χ0n) is 11.7. The topological polar surface area (TPSA) is 46.5 Å². The molecule has 0 atom stereocenters. The van der Waals surface area contributed by atoms with Crippen LogP contribution in [0.5, 0.6) is 5.75 Å². The molecule has 0 aliphatic heterocycles. The first-order valence-corrected chi connectivity index (χ1v) is 7.00. The van der Waals surface area contributed by atoms with Crippen LogP contribution in [-0.4, -0.2) is 18.2 Å². The van der Waals surface area contributed by atoms with E-state index in [9.17, 15) is 9.90 Å². The molecule has 0 radical (unpaired) electrons. The van der Waals surface area contributed by atoms with Crippen molar-refractivity contribution in [3.8, 4) is 5.75 Å². The van der Waals surface area contributed by atoms with E-state index in [-0.39, 0.29) is 0 Å². The van der Waals surface area contributed by atoms with Crippen LogP contribution in [0.3, 0.4) is 0 Å². The number of hydrogen-bond acceptors (Lipinski definition) is 2. The van der Waals surface area contributed by atoms with Gasteiger partial charge in [0.15, 0.2) is 0 Å². The molecule has 0 heterocycles. The molecule has 1 aromatic carbocycles. The minimum absolute atomic E-state index is 0.583. The summed E-state index contributed by atoms with van der Waals surface area (Å²) in [5.74, 6) is 0.152. The fourth-order valence-electron chi connectivity index (χ4n) is 3.07. The molecule has 1 aromatic rings. The van der Waals surface area contributed by atoms with Crippen LogP contribution in [0.1, 0.15) is 43.7 Å². The van der Waals surface area contributed by atoms with Crippen LogP contribution in [0.25, 0.3) is 0 Å². The molecular weight excluding hydrogens is 240 g/mol. The maximum atomic E-state index is 11.6. The monoisotopic (exact) mass is 262 g/mol. The molecule has 0 bridgehead atoms. The second kappa shape index (κ2) is 5.64. The number of methoxy groups -OCH3 is 1. The normalized spacial score (nSPS) is 17.4. The minimum Gasteiger partial charge on any atom is -0.496 e. The molecule has 3 nitrogen and oxygen atoms in total. The Hall–Kier alpha value is -1.51. The lowest BCUT2D eigenvalue weighted by molar-refractivity contribution is -0.148. The van der Waals surface area contributed by atoms with Crippen LogP contribution in [0.15, 0.2) is 18.2 Å². The molecule has 1 aliphatic rings. The van der Waals surface area contributed by atoms with Crippen molar-refractivity contribution < 1.29 is 14.6 Å². The number of rotatable bonds is 5. The smallest absolute Gasteiger partial charge is 0.309 e. The fraction of sp³-hybridized carbons (Fsp3) is 0.562. The highest BCUT2D eigenvalue weighted by Gasteiger charge is 2.41. The molecule has 3 heteroatoms. The van der Waals surface area contributed by atoms with E-state index in [4.69, 9.17) is 4.74 Å². The first kappa shape index (κ1) is 13.9. The number of carboxylic acid groups (broad SMARTS) is 1. The lowest BCUT2D eigenvalue weighted by Gasteiger charge is -2.25. The highest BCUT2D eigenvalue weighted by molar-refractivity contribution is 5.75. The van der Waals surface area contributed by atoms with E-state index in [0.717, 1.165) is 43.4 Å². The lowest BCUT2D eigenvalue weighted by Crippen LogP contribution is -2.30. The first-order chi connectivity index (χ1) is 9.11. The van der Waals surface area contributed by atoms with Gasteiger partial charge in [-0.05, 0) is 42.9 Å². The van der Waals surface area contributed by atoms with Crippen LogP contribution in [0.2, 0.25) is 0 Å². The summed E-state index contributed by atoms with van der Waals surface area (Å²) in [4.78, 5) is 11.6. The van der Waals surface area contributed by atoms with Gasteiger partial charge in [-0.25, -0.2) is 0 Å². The second-order valence-corrected chi connectivity index (χ2v) is 5.47. The van der Waals surface area contributed by atoms with Crippen LogP contribution in [-0.2, 0) is 17.6 Å². The number of aliphatic carboxylic acids is 1. The number of ether oxygens (including phenoxy) is 1. The summed E-state index contributed by atoms with van der Waals surface area (Å²) < 4.78 is 5.39. The largest absolute Gasteiger partial charge is 0.496 e.